The Labute approximate surface area is 190 Å². The molecule has 1 saturated heterocycles. The summed E-state index contributed by atoms with van der Waals surface area (Å²) in [5.41, 5.74) is 0.727. The Morgan fingerprint density at radius 2 is 2.06 bits per heavy atom. The number of fused-ring (bicyclic) bond motifs is 2. The molecule has 2 aliphatic rings. The molecular weight excluding hydrogens is 482 g/mol. The quantitative estimate of drug-likeness (QED) is 0.457. The summed E-state index contributed by atoms with van der Waals surface area (Å²) in [6, 6.07) is 4.67. The zero-order valence-electron chi connectivity index (χ0n) is 16.6. The molecule has 164 valence electrons. The number of pyridine rings is 1. The third-order valence-corrected chi connectivity index (χ3v) is 6.19. The van der Waals surface area contributed by atoms with E-state index >= 15 is 0 Å². The van der Waals surface area contributed by atoms with Crippen LogP contribution in [0, 0.1) is 5.92 Å². The third kappa shape index (κ3) is 3.77. The SMILES string of the molecule is O=C(O)Nc1cn(CC(=O)N2[C@@H]3C[C@@H]3C[C@H]2C(=O)Nc2cccc(Br)n2)c2ncncc12. The van der Waals surface area contributed by atoms with Gasteiger partial charge in [0, 0.05) is 18.4 Å². The number of likely N-dealkylation sites (tertiary alicyclic amines) is 1. The molecule has 0 spiro atoms. The second-order valence-electron chi connectivity index (χ2n) is 7.81. The number of aromatic nitrogens is 4. The lowest BCUT2D eigenvalue weighted by Crippen LogP contribution is -2.46. The average Bonchev–Trinajstić information content (AvgIpc) is 3.28. The number of anilines is 2. The minimum atomic E-state index is -1.22. The minimum absolute atomic E-state index is 0.0433. The van der Waals surface area contributed by atoms with E-state index in [-0.39, 0.29) is 24.4 Å². The molecule has 3 N–H and O–H groups in total. The Morgan fingerprint density at radius 1 is 1.22 bits per heavy atom. The van der Waals surface area contributed by atoms with E-state index in [4.69, 9.17) is 5.11 Å². The van der Waals surface area contributed by atoms with Gasteiger partial charge in [-0.25, -0.2) is 19.7 Å². The van der Waals surface area contributed by atoms with Crippen molar-refractivity contribution < 1.29 is 19.5 Å². The summed E-state index contributed by atoms with van der Waals surface area (Å²) in [5.74, 6) is 0.229. The summed E-state index contributed by atoms with van der Waals surface area (Å²) in [5, 5.41) is 14.7. The Hall–Kier alpha value is -3.54. The van der Waals surface area contributed by atoms with E-state index in [0.717, 1.165) is 6.42 Å². The standard InChI is InChI=1S/C20H18BrN7O4/c21-15-2-1-3-16(25-15)26-19(30)14-5-10-4-13(10)28(14)17(29)8-27-7-12(24-20(31)32)11-6-22-9-23-18(11)27/h1-3,6-7,9-10,13-14,24H,4-5,8H2,(H,31,32)(H,25,26,30)/t10-,13-,14+/m1/s1. The third-order valence-electron chi connectivity index (χ3n) is 5.75. The number of carbonyl (C=O) groups is 3. The van der Waals surface area contributed by atoms with Gasteiger partial charge in [-0.15, -0.1) is 0 Å². The van der Waals surface area contributed by atoms with Crippen LogP contribution in [-0.4, -0.2) is 59.5 Å². The van der Waals surface area contributed by atoms with Crippen LogP contribution in [0.15, 0.2) is 41.5 Å². The van der Waals surface area contributed by atoms with Crippen LogP contribution in [0.5, 0.6) is 0 Å². The second kappa shape index (κ2) is 7.86. The molecule has 3 aromatic rings. The van der Waals surface area contributed by atoms with Crippen molar-refractivity contribution >= 4 is 56.4 Å². The highest BCUT2D eigenvalue weighted by atomic mass is 79.9. The second-order valence-corrected chi connectivity index (χ2v) is 8.62. The summed E-state index contributed by atoms with van der Waals surface area (Å²) in [4.78, 5) is 51.3. The molecule has 3 aromatic heterocycles. The highest BCUT2D eigenvalue weighted by molar-refractivity contribution is 9.10. The molecule has 3 atom stereocenters. The van der Waals surface area contributed by atoms with Crippen molar-refractivity contribution in [1.29, 1.82) is 0 Å². The molecule has 0 aromatic carbocycles. The molecule has 0 radical (unpaired) electrons. The van der Waals surface area contributed by atoms with Gasteiger partial charge in [-0.1, -0.05) is 6.07 Å². The molecule has 1 saturated carbocycles. The number of amides is 3. The number of carbonyl (C=O) groups excluding carboxylic acids is 2. The van der Waals surface area contributed by atoms with Gasteiger partial charge in [0.25, 0.3) is 0 Å². The molecule has 1 aliphatic carbocycles. The van der Waals surface area contributed by atoms with Gasteiger partial charge in [-0.3, -0.25) is 14.9 Å². The van der Waals surface area contributed by atoms with Gasteiger partial charge in [0.2, 0.25) is 11.8 Å². The van der Waals surface area contributed by atoms with Crippen LogP contribution in [0.1, 0.15) is 12.8 Å². The van der Waals surface area contributed by atoms with Crippen molar-refractivity contribution in [2.45, 2.75) is 31.5 Å². The van der Waals surface area contributed by atoms with Crippen LogP contribution in [0.2, 0.25) is 0 Å². The van der Waals surface area contributed by atoms with E-state index < -0.39 is 12.1 Å². The number of piperidine rings is 1. The van der Waals surface area contributed by atoms with Crippen molar-refractivity contribution in [1.82, 2.24) is 24.4 Å². The fraction of sp³-hybridized carbons (Fsp3) is 0.300. The number of rotatable bonds is 5. The van der Waals surface area contributed by atoms with E-state index in [0.29, 0.717) is 39.5 Å². The normalized spacial score (nSPS) is 21.3. The molecule has 12 heteroatoms. The van der Waals surface area contributed by atoms with Crippen LogP contribution in [0.25, 0.3) is 11.0 Å². The zero-order valence-corrected chi connectivity index (χ0v) is 18.2. The molecule has 5 rings (SSSR count). The van der Waals surface area contributed by atoms with E-state index in [1.807, 2.05) is 0 Å². The smallest absolute Gasteiger partial charge is 0.409 e. The Bertz CT molecular complexity index is 1250. The fourth-order valence-electron chi connectivity index (χ4n) is 4.33. The van der Waals surface area contributed by atoms with Crippen LogP contribution in [0.3, 0.4) is 0 Å². The lowest BCUT2D eigenvalue weighted by Gasteiger charge is -2.27. The van der Waals surface area contributed by atoms with E-state index in [9.17, 15) is 14.4 Å². The van der Waals surface area contributed by atoms with Gasteiger partial charge in [0.05, 0.1) is 11.1 Å². The van der Waals surface area contributed by atoms with Crippen molar-refractivity contribution in [3.05, 3.63) is 41.5 Å². The van der Waals surface area contributed by atoms with Crippen molar-refractivity contribution in [2.75, 3.05) is 10.6 Å². The van der Waals surface area contributed by atoms with E-state index in [1.54, 1.807) is 27.7 Å². The van der Waals surface area contributed by atoms with Gasteiger partial charge in [-0.2, -0.15) is 0 Å². The molecular formula is C20H18BrN7O4. The minimum Gasteiger partial charge on any atom is -0.465 e. The topological polar surface area (TPSA) is 142 Å². The predicted octanol–water partition coefficient (Wildman–Crippen LogP) is 2.31. The Balaban J connectivity index is 1.37. The first kappa shape index (κ1) is 20.4. The summed E-state index contributed by atoms with van der Waals surface area (Å²) < 4.78 is 2.18. The van der Waals surface area contributed by atoms with E-state index in [1.165, 1.54) is 18.7 Å². The van der Waals surface area contributed by atoms with Crippen LogP contribution < -0.4 is 10.6 Å². The number of nitrogens with zero attached hydrogens (tertiary/aromatic N) is 5. The molecule has 0 bridgehead atoms. The highest BCUT2D eigenvalue weighted by Gasteiger charge is 2.56. The first-order valence-electron chi connectivity index (χ1n) is 9.94. The Morgan fingerprint density at radius 3 is 2.84 bits per heavy atom. The average molecular weight is 500 g/mol. The summed E-state index contributed by atoms with van der Waals surface area (Å²) in [7, 11) is 0. The number of hydrogen-bond donors (Lipinski definition) is 3. The highest BCUT2D eigenvalue weighted by Crippen LogP contribution is 2.48. The van der Waals surface area contributed by atoms with Crippen LogP contribution >= 0.6 is 15.9 Å². The first-order valence-corrected chi connectivity index (χ1v) is 10.7. The summed E-state index contributed by atoms with van der Waals surface area (Å²) in [6.45, 7) is -0.0725. The molecule has 32 heavy (non-hydrogen) atoms. The van der Waals surface area contributed by atoms with Gasteiger partial charge < -0.3 is 19.9 Å². The number of carboxylic acid groups (broad SMARTS) is 1. The number of nitrogens with one attached hydrogen (secondary N) is 2. The monoisotopic (exact) mass is 499 g/mol. The maximum absolute atomic E-state index is 13.3. The van der Waals surface area contributed by atoms with Gasteiger partial charge in [-0.05, 0) is 46.8 Å². The van der Waals surface area contributed by atoms with Crippen LogP contribution in [0.4, 0.5) is 16.3 Å². The molecule has 2 fully saturated rings. The lowest BCUT2D eigenvalue weighted by atomic mass is 10.1. The van der Waals surface area contributed by atoms with Gasteiger partial charge in [0.15, 0.2) is 0 Å². The van der Waals surface area contributed by atoms with Crippen molar-refractivity contribution in [3.8, 4) is 0 Å². The van der Waals surface area contributed by atoms with Crippen LogP contribution in [-0.2, 0) is 16.1 Å². The van der Waals surface area contributed by atoms with Gasteiger partial charge in [0.1, 0.15) is 35.0 Å². The predicted molar refractivity (Wildman–Crippen MR) is 117 cm³/mol. The molecule has 3 amide bonds. The van der Waals surface area contributed by atoms with Crippen molar-refractivity contribution in [3.63, 3.8) is 0 Å². The fourth-order valence-corrected chi connectivity index (χ4v) is 4.67. The van der Waals surface area contributed by atoms with Crippen molar-refractivity contribution in [2.24, 2.45) is 5.92 Å². The number of halogens is 1. The van der Waals surface area contributed by atoms with Gasteiger partial charge >= 0.3 is 6.09 Å². The maximum atomic E-state index is 13.3. The molecule has 1 aliphatic heterocycles. The first-order chi connectivity index (χ1) is 15.4. The molecule has 4 heterocycles. The number of hydrogen-bond acceptors (Lipinski definition) is 6. The maximum Gasteiger partial charge on any atom is 0.409 e. The Kier molecular flexibility index (Phi) is 5.00. The lowest BCUT2D eigenvalue weighted by molar-refractivity contribution is -0.138. The molecule has 11 nitrogen and oxygen atoms in total. The summed E-state index contributed by atoms with van der Waals surface area (Å²) >= 11 is 3.28. The molecule has 0 unspecified atom stereocenters. The largest absolute Gasteiger partial charge is 0.465 e. The summed E-state index contributed by atoms with van der Waals surface area (Å²) in [6.07, 6.45) is 4.61. The zero-order chi connectivity index (χ0) is 22.4. The van der Waals surface area contributed by atoms with E-state index in [2.05, 4.69) is 41.5 Å².